The molecule has 5 heteroatoms. The number of nitrogens with zero attached hydrogens (tertiary/aromatic N) is 4. The first-order valence-corrected chi connectivity index (χ1v) is 10.3. The number of aryl methyl sites for hydroxylation is 1. The van der Waals surface area contributed by atoms with Gasteiger partial charge in [0.15, 0.2) is 0 Å². The van der Waals surface area contributed by atoms with Gasteiger partial charge in [-0.2, -0.15) is 0 Å². The third-order valence-corrected chi connectivity index (χ3v) is 5.93. The highest BCUT2D eigenvalue weighted by atomic mass is 16.3. The van der Waals surface area contributed by atoms with E-state index in [9.17, 15) is 5.11 Å². The first kappa shape index (κ1) is 18.7. The van der Waals surface area contributed by atoms with E-state index in [1.165, 1.54) is 29.5 Å². The lowest BCUT2D eigenvalue weighted by Gasteiger charge is -2.33. The van der Waals surface area contributed by atoms with Crippen molar-refractivity contribution in [3.05, 3.63) is 35.4 Å². The molecule has 0 saturated carbocycles. The van der Waals surface area contributed by atoms with Crippen LogP contribution in [0.1, 0.15) is 30.4 Å². The third-order valence-electron chi connectivity index (χ3n) is 5.93. The molecular formula is C22H32N4O. The van der Waals surface area contributed by atoms with Crippen LogP contribution in [0.15, 0.2) is 24.3 Å². The highest BCUT2D eigenvalue weighted by molar-refractivity contribution is 5.82. The highest BCUT2D eigenvalue weighted by Crippen LogP contribution is 2.28. The van der Waals surface area contributed by atoms with Crippen molar-refractivity contribution >= 4 is 16.7 Å². The number of β-amino-alcohol motifs (C(OH)–C–C–N with tert-alkyl or cyclic N) is 1. The second-order valence-electron chi connectivity index (χ2n) is 8.34. The van der Waals surface area contributed by atoms with E-state index in [-0.39, 0.29) is 6.10 Å². The summed E-state index contributed by atoms with van der Waals surface area (Å²) in [6, 6.07) is 8.82. The van der Waals surface area contributed by atoms with Crippen LogP contribution >= 0.6 is 0 Å². The Morgan fingerprint density at radius 3 is 2.81 bits per heavy atom. The molecule has 0 radical (unpaired) electrons. The lowest BCUT2D eigenvalue weighted by molar-refractivity contribution is 0.153. The van der Waals surface area contributed by atoms with Crippen LogP contribution in [0, 0.1) is 6.92 Å². The molecule has 4 rings (SSSR count). The molecule has 2 aliphatic heterocycles. The molecule has 1 aromatic carbocycles. The van der Waals surface area contributed by atoms with Crippen molar-refractivity contribution in [3.63, 3.8) is 0 Å². The largest absolute Gasteiger partial charge is 0.391 e. The summed E-state index contributed by atoms with van der Waals surface area (Å²) >= 11 is 0. The lowest BCUT2D eigenvalue weighted by atomic mass is 10.1. The number of anilines is 1. The minimum Gasteiger partial charge on any atom is -0.391 e. The zero-order chi connectivity index (χ0) is 18.8. The molecule has 2 aromatic rings. The van der Waals surface area contributed by atoms with Gasteiger partial charge in [0.05, 0.1) is 11.6 Å². The number of hydrogen-bond acceptors (Lipinski definition) is 5. The number of hydrogen-bond donors (Lipinski definition) is 1. The lowest BCUT2D eigenvalue weighted by Crippen LogP contribution is -2.39. The van der Waals surface area contributed by atoms with Gasteiger partial charge in [0.2, 0.25) is 0 Å². The molecule has 0 bridgehead atoms. The molecule has 2 fully saturated rings. The van der Waals surface area contributed by atoms with Gasteiger partial charge >= 0.3 is 0 Å². The molecule has 27 heavy (non-hydrogen) atoms. The second-order valence-corrected chi connectivity index (χ2v) is 8.34. The average Bonchev–Trinajstić information content (AvgIpc) is 2.85. The van der Waals surface area contributed by atoms with Crippen LogP contribution in [-0.4, -0.2) is 72.3 Å². The number of piperidine rings is 1. The van der Waals surface area contributed by atoms with Crippen LogP contribution in [0.25, 0.3) is 10.9 Å². The zero-order valence-electron chi connectivity index (χ0n) is 16.7. The van der Waals surface area contributed by atoms with Crippen LogP contribution in [-0.2, 0) is 6.54 Å². The van der Waals surface area contributed by atoms with E-state index in [1.807, 2.05) is 0 Å². The fourth-order valence-electron chi connectivity index (χ4n) is 4.37. The Kier molecular flexibility index (Phi) is 5.62. The summed E-state index contributed by atoms with van der Waals surface area (Å²) < 4.78 is 0. The quantitative estimate of drug-likeness (QED) is 0.902. The minimum atomic E-state index is -0.242. The molecule has 1 aromatic heterocycles. The van der Waals surface area contributed by atoms with Gasteiger partial charge in [-0.05, 0) is 64.5 Å². The van der Waals surface area contributed by atoms with Gasteiger partial charge in [0.25, 0.3) is 0 Å². The Morgan fingerprint density at radius 2 is 1.96 bits per heavy atom. The summed E-state index contributed by atoms with van der Waals surface area (Å²) in [5.74, 6) is 1.07. The number of aliphatic hydroxyl groups is 1. The van der Waals surface area contributed by atoms with E-state index in [4.69, 9.17) is 4.98 Å². The molecule has 2 saturated heterocycles. The number of likely N-dealkylation sites (N-methyl/N-ethyl adjacent to an activating group) is 1. The molecule has 0 spiro atoms. The molecule has 3 heterocycles. The van der Waals surface area contributed by atoms with E-state index >= 15 is 0 Å². The number of aromatic nitrogens is 1. The van der Waals surface area contributed by atoms with E-state index in [0.29, 0.717) is 6.54 Å². The van der Waals surface area contributed by atoms with Crippen LogP contribution < -0.4 is 4.90 Å². The normalized spacial score (nSPS) is 22.9. The Balaban J connectivity index is 1.68. The van der Waals surface area contributed by atoms with Crippen LogP contribution in [0.5, 0.6) is 0 Å². The molecule has 1 atom stereocenters. The van der Waals surface area contributed by atoms with Crippen molar-refractivity contribution in [3.8, 4) is 0 Å². The SMILES string of the molecule is Cc1ccc2nc(N3CCC[C@H](O)C3)c(CN3CCCN(C)CC3)cc2c1. The molecule has 2 aliphatic rings. The summed E-state index contributed by atoms with van der Waals surface area (Å²) in [6.07, 6.45) is 2.91. The first-order valence-electron chi connectivity index (χ1n) is 10.3. The first-order chi connectivity index (χ1) is 13.1. The molecule has 0 unspecified atom stereocenters. The maximum absolute atomic E-state index is 10.2. The maximum Gasteiger partial charge on any atom is 0.133 e. The molecule has 5 nitrogen and oxygen atoms in total. The Morgan fingerprint density at radius 1 is 1.07 bits per heavy atom. The number of rotatable bonds is 3. The summed E-state index contributed by atoms with van der Waals surface area (Å²) in [4.78, 5) is 12.3. The molecule has 146 valence electrons. The van der Waals surface area contributed by atoms with Gasteiger partial charge in [-0.3, -0.25) is 4.90 Å². The number of benzene rings is 1. The van der Waals surface area contributed by atoms with E-state index in [2.05, 4.69) is 52.9 Å². The number of pyridine rings is 1. The summed E-state index contributed by atoms with van der Waals surface area (Å²) in [5, 5.41) is 11.4. The molecule has 0 aliphatic carbocycles. The fraction of sp³-hybridized carbons (Fsp3) is 0.591. The van der Waals surface area contributed by atoms with Crippen molar-refractivity contribution in [2.24, 2.45) is 0 Å². The monoisotopic (exact) mass is 368 g/mol. The van der Waals surface area contributed by atoms with Crippen molar-refractivity contribution in [2.75, 3.05) is 51.2 Å². The van der Waals surface area contributed by atoms with E-state index < -0.39 is 0 Å². The van der Waals surface area contributed by atoms with Gasteiger partial charge in [-0.15, -0.1) is 0 Å². The number of aliphatic hydroxyl groups excluding tert-OH is 1. The maximum atomic E-state index is 10.2. The predicted octanol–water partition coefficient (Wildman–Crippen LogP) is 2.64. The fourth-order valence-corrected chi connectivity index (χ4v) is 4.37. The Bertz CT molecular complexity index is 793. The summed E-state index contributed by atoms with van der Waals surface area (Å²) in [5.41, 5.74) is 3.62. The smallest absolute Gasteiger partial charge is 0.133 e. The Hall–Kier alpha value is -1.69. The third kappa shape index (κ3) is 4.42. The average molecular weight is 369 g/mol. The van der Waals surface area contributed by atoms with E-state index in [0.717, 1.165) is 56.9 Å². The van der Waals surface area contributed by atoms with Crippen LogP contribution in [0.2, 0.25) is 0 Å². The van der Waals surface area contributed by atoms with Crippen molar-refractivity contribution in [1.29, 1.82) is 0 Å². The van der Waals surface area contributed by atoms with Gasteiger partial charge in [-0.25, -0.2) is 4.98 Å². The van der Waals surface area contributed by atoms with Gasteiger partial charge < -0.3 is 14.9 Å². The van der Waals surface area contributed by atoms with Crippen LogP contribution in [0.4, 0.5) is 5.82 Å². The topological polar surface area (TPSA) is 42.8 Å². The van der Waals surface area contributed by atoms with Crippen LogP contribution in [0.3, 0.4) is 0 Å². The van der Waals surface area contributed by atoms with E-state index in [1.54, 1.807) is 0 Å². The molecule has 0 amide bonds. The predicted molar refractivity (Wildman–Crippen MR) is 111 cm³/mol. The zero-order valence-corrected chi connectivity index (χ0v) is 16.7. The van der Waals surface area contributed by atoms with Crippen molar-refractivity contribution in [1.82, 2.24) is 14.8 Å². The highest BCUT2D eigenvalue weighted by Gasteiger charge is 2.23. The van der Waals surface area contributed by atoms with Crippen molar-refractivity contribution < 1.29 is 5.11 Å². The van der Waals surface area contributed by atoms with Crippen molar-refractivity contribution in [2.45, 2.75) is 38.8 Å². The summed E-state index contributed by atoms with van der Waals surface area (Å²) in [6.45, 7) is 9.29. The standard InChI is InChI=1S/C22H32N4O/c1-17-6-7-21-18(13-17)14-19(15-25-9-4-8-24(2)11-12-25)22(23-21)26-10-3-5-20(27)16-26/h6-7,13-14,20,27H,3-5,8-12,15-16H2,1-2H3/t20-/m0/s1. The summed E-state index contributed by atoms with van der Waals surface area (Å²) in [7, 11) is 2.21. The Labute approximate surface area is 162 Å². The number of fused-ring (bicyclic) bond motifs is 1. The minimum absolute atomic E-state index is 0.242. The second kappa shape index (κ2) is 8.13. The van der Waals surface area contributed by atoms with Gasteiger partial charge in [-0.1, -0.05) is 11.6 Å². The molecular weight excluding hydrogens is 336 g/mol. The van der Waals surface area contributed by atoms with Gasteiger partial charge in [0.1, 0.15) is 5.82 Å². The van der Waals surface area contributed by atoms with Gasteiger partial charge in [0, 0.05) is 43.7 Å². The molecule has 1 N–H and O–H groups in total.